The molecule has 0 radical (unpaired) electrons. The van der Waals surface area contributed by atoms with Crippen LogP contribution in [0, 0.1) is 12.7 Å². The molecule has 0 saturated carbocycles. The summed E-state index contributed by atoms with van der Waals surface area (Å²) in [6.07, 6.45) is 1.55. The Bertz CT molecular complexity index is 945. The average Bonchev–Trinajstić information content (AvgIpc) is 2.94. The second kappa shape index (κ2) is 8.84. The second-order valence-electron chi connectivity index (χ2n) is 6.26. The van der Waals surface area contributed by atoms with Crippen molar-refractivity contribution in [3.05, 3.63) is 72.6 Å². The van der Waals surface area contributed by atoms with Gasteiger partial charge in [0.15, 0.2) is 5.17 Å². The molecule has 1 saturated heterocycles. The number of hydrogen-bond donors (Lipinski definition) is 1. The number of aryl methyl sites for hydroxylation is 1. The highest BCUT2D eigenvalue weighted by molar-refractivity contribution is 8.15. The van der Waals surface area contributed by atoms with Crippen molar-refractivity contribution in [2.75, 3.05) is 11.9 Å². The molecule has 0 unspecified atom stereocenters. The Labute approximate surface area is 167 Å². The van der Waals surface area contributed by atoms with Crippen molar-refractivity contribution < 1.29 is 14.0 Å². The number of carbonyl (C=O) groups is 2. The van der Waals surface area contributed by atoms with Gasteiger partial charge in [-0.05, 0) is 30.7 Å². The van der Waals surface area contributed by atoms with E-state index in [1.807, 2.05) is 31.2 Å². The minimum atomic E-state index is -0.616. The van der Waals surface area contributed by atoms with Gasteiger partial charge >= 0.3 is 0 Å². The van der Waals surface area contributed by atoms with E-state index in [2.05, 4.69) is 16.9 Å². The van der Waals surface area contributed by atoms with Crippen LogP contribution in [0.15, 0.2) is 66.2 Å². The molecular weight excluding hydrogens is 377 g/mol. The quantitative estimate of drug-likeness (QED) is 0.740. The number of aliphatic imine (C=N–C) groups is 1. The average molecular weight is 397 g/mol. The van der Waals surface area contributed by atoms with Crippen LogP contribution in [0.25, 0.3) is 0 Å². The summed E-state index contributed by atoms with van der Waals surface area (Å²) in [5.41, 5.74) is 1.85. The SMILES string of the molecule is C=CCN1C(=O)[C@@H](CC(=O)Nc2ccccc2F)SC1=Nc1ccccc1C. The highest BCUT2D eigenvalue weighted by Gasteiger charge is 2.38. The molecule has 1 aliphatic rings. The van der Waals surface area contributed by atoms with Crippen LogP contribution in [0.2, 0.25) is 0 Å². The van der Waals surface area contributed by atoms with Crippen LogP contribution in [0.3, 0.4) is 0 Å². The first-order valence-electron chi connectivity index (χ1n) is 8.77. The lowest BCUT2D eigenvalue weighted by Gasteiger charge is -2.14. The number of halogens is 1. The van der Waals surface area contributed by atoms with Gasteiger partial charge in [-0.1, -0.05) is 48.2 Å². The third-order valence-corrected chi connectivity index (χ3v) is 5.36. The molecule has 1 heterocycles. The zero-order chi connectivity index (χ0) is 20.1. The fourth-order valence-electron chi connectivity index (χ4n) is 2.75. The van der Waals surface area contributed by atoms with E-state index < -0.39 is 17.0 Å². The van der Waals surface area contributed by atoms with E-state index in [9.17, 15) is 14.0 Å². The van der Waals surface area contributed by atoms with E-state index in [4.69, 9.17) is 0 Å². The van der Waals surface area contributed by atoms with Crippen molar-refractivity contribution in [3.63, 3.8) is 0 Å². The lowest BCUT2D eigenvalue weighted by Crippen LogP contribution is -2.33. The molecule has 2 aromatic carbocycles. The molecule has 7 heteroatoms. The van der Waals surface area contributed by atoms with E-state index in [0.717, 1.165) is 11.3 Å². The zero-order valence-electron chi connectivity index (χ0n) is 15.4. The van der Waals surface area contributed by atoms with Gasteiger partial charge in [-0.2, -0.15) is 0 Å². The van der Waals surface area contributed by atoms with E-state index >= 15 is 0 Å². The molecule has 144 valence electrons. The fourth-order valence-corrected chi connectivity index (χ4v) is 3.91. The molecule has 2 amide bonds. The van der Waals surface area contributed by atoms with Crippen molar-refractivity contribution >= 4 is 40.1 Å². The smallest absolute Gasteiger partial charge is 0.242 e. The molecule has 5 nitrogen and oxygen atoms in total. The summed E-state index contributed by atoms with van der Waals surface area (Å²) in [6, 6.07) is 13.5. The minimum absolute atomic E-state index is 0.0712. The van der Waals surface area contributed by atoms with Gasteiger partial charge in [-0.25, -0.2) is 9.38 Å². The molecule has 0 aliphatic carbocycles. The molecule has 3 rings (SSSR count). The molecule has 28 heavy (non-hydrogen) atoms. The predicted octanol–water partition coefficient (Wildman–Crippen LogP) is 4.28. The highest BCUT2D eigenvalue weighted by atomic mass is 32.2. The predicted molar refractivity (Wildman–Crippen MR) is 111 cm³/mol. The number of nitrogens with zero attached hydrogens (tertiary/aromatic N) is 2. The minimum Gasteiger partial charge on any atom is -0.324 e. The molecule has 2 aromatic rings. The topological polar surface area (TPSA) is 61.8 Å². The van der Waals surface area contributed by atoms with Gasteiger partial charge in [0.2, 0.25) is 11.8 Å². The molecule has 0 bridgehead atoms. The summed E-state index contributed by atoms with van der Waals surface area (Å²) in [5, 5.41) is 2.43. The van der Waals surface area contributed by atoms with Gasteiger partial charge in [-0.15, -0.1) is 6.58 Å². The van der Waals surface area contributed by atoms with Crippen LogP contribution in [-0.2, 0) is 9.59 Å². The Kier molecular flexibility index (Phi) is 6.26. The Hall–Kier alpha value is -2.93. The summed E-state index contributed by atoms with van der Waals surface area (Å²) >= 11 is 1.24. The molecular formula is C21H20FN3O2S. The number of thioether (sulfide) groups is 1. The van der Waals surface area contributed by atoms with Crippen LogP contribution in [0.5, 0.6) is 0 Å². The molecule has 1 fully saturated rings. The standard InChI is InChI=1S/C21H20FN3O2S/c1-3-12-25-20(27)18(13-19(26)23-17-11-7-5-9-15(17)22)28-21(25)24-16-10-6-4-8-14(16)2/h3-11,18H,1,12-13H2,2H3,(H,23,26)/t18-/m1/s1. The fraction of sp³-hybridized carbons (Fsp3) is 0.190. The third-order valence-electron chi connectivity index (χ3n) is 4.18. The summed E-state index contributed by atoms with van der Waals surface area (Å²) < 4.78 is 13.7. The van der Waals surface area contributed by atoms with E-state index in [-0.39, 0.29) is 18.0 Å². The van der Waals surface area contributed by atoms with Gasteiger partial charge in [-0.3, -0.25) is 14.5 Å². The Morgan fingerprint density at radius 1 is 1.29 bits per heavy atom. The summed E-state index contributed by atoms with van der Waals surface area (Å²) in [7, 11) is 0. The maximum Gasteiger partial charge on any atom is 0.242 e. The van der Waals surface area contributed by atoms with Crippen molar-refractivity contribution in [1.82, 2.24) is 4.90 Å². The maximum absolute atomic E-state index is 13.7. The highest BCUT2D eigenvalue weighted by Crippen LogP contribution is 2.32. The lowest BCUT2D eigenvalue weighted by atomic mass is 10.2. The van der Waals surface area contributed by atoms with Gasteiger partial charge in [0.25, 0.3) is 0 Å². The Morgan fingerprint density at radius 2 is 2.00 bits per heavy atom. The van der Waals surface area contributed by atoms with Crippen LogP contribution in [-0.4, -0.2) is 33.7 Å². The zero-order valence-corrected chi connectivity index (χ0v) is 16.2. The lowest BCUT2D eigenvalue weighted by molar-refractivity contribution is -0.127. The normalized spacial score (nSPS) is 17.8. The van der Waals surface area contributed by atoms with Gasteiger partial charge in [0.05, 0.1) is 11.4 Å². The maximum atomic E-state index is 13.7. The van der Waals surface area contributed by atoms with E-state index in [0.29, 0.717) is 11.7 Å². The van der Waals surface area contributed by atoms with Crippen LogP contribution in [0.1, 0.15) is 12.0 Å². The first kappa shape index (κ1) is 19.8. The van der Waals surface area contributed by atoms with Gasteiger partial charge in [0, 0.05) is 13.0 Å². The molecule has 0 spiro atoms. The van der Waals surface area contributed by atoms with Crippen molar-refractivity contribution in [1.29, 1.82) is 0 Å². The van der Waals surface area contributed by atoms with Crippen LogP contribution < -0.4 is 5.32 Å². The number of carbonyl (C=O) groups excluding carboxylic acids is 2. The monoisotopic (exact) mass is 397 g/mol. The Balaban J connectivity index is 1.76. The number of nitrogens with one attached hydrogen (secondary N) is 1. The number of benzene rings is 2. The molecule has 1 N–H and O–H groups in total. The van der Waals surface area contributed by atoms with Gasteiger partial charge < -0.3 is 5.32 Å². The van der Waals surface area contributed by atoms with Crippen LogP contribution in [0.4, 0.5) is 15.8 Å². The molecule has 0 aromatic heterocycles. The van der Waals surface area contributed by atoms with Gasteiger partial charge in [0.1, 0.15) is 11.1 Å². The first-order valence-corrected chi connectivity index (χ1v) is 9.65. The number of anilines is 1. The number of amidine groups is 1. The second-order valence-corrected chi connectivity index (χ2v) is 7.43. The molecule has 1 atom stereocenters. The summed E-state index contributed by atoms with van der Waals surface area (Å²) in [6.45, 7) is 5.94. The first-order chi connectivity index (χ1) is 13.5. The van der Waals surface area contributed by atoms with E-state index in [1.54, 1.807) is 18.2 Å². The Morgan fingerprint density at radius 3 is 2.71 bits per heavy atom. The van der Waals surface area contributed by atoms with Crippen molar-refractivity contribution in [3.8, 4) is 0 Å². The third kappa shape index (κ3) is 4.48. The number of hydrogen-bond acceptors (Lipinski definition) is 4. The van der Waals surface area contributed by atoms with Crippen LogP contribution >= 0.6 is 11.8 Å². The number of rotatable bonds is 6. The number of amides is 2. The summed E-state index contributed by atoms with van der Waals surface area (Å²) in [4.78, 5) is 31.2. The van der Waals surface area contributed by atoms with Crippen molar-refractivity contribution in [2.24, 2.45) is 4.99 Å². The molecule has 1 aliphatic heterocycles. The number of para-hydroxylation sites is 2. The van der Waals surface area contributed by atoms with E-state index in [1.165, 1.54) is 28.8 Å². The largest absolute Gasteiger partial charge is 0.324 e. The summed E-state index contributed by atoms with van der Waals surface area (Å²) in [5.74, 6) is -1.15. The van der Waals surface area contributed by atoms with Crippen molar-refractivity contribution in [2.45, 2.75) is 18.6 Å².